The summed E-state index contributed by atoms with van der Waals surface area (Å²) in [5.74, 6) is 0.498. The number of unbranched alkanes of at least 4 members (excludes halogenated alkanes) is 1. The largest absolute Gasteiger partial charge is 0.494 e. The molecule has 0 radical (unpaired) electrons. The zero-order valence-corrected chi connectivity index (χ0v) is 18.6. The number of rotatable bonds is 8. The lowest BCUT2D eigenvalue weighted by molar-refractivity contribution is 0.309. The number of hydrogen-bond donors (Lipinski definition) is 0. The van der Waals surface area contributed by atoms with E-state index in [4.69, 9.17) is 4.74 Å². The van der Waals surface area contributed by atoms with Crippen molar-refractivity contribution >= 4 is 5.52 Å². The minimum Gasteiger partial charge on any atom is -0.494 e. The van der Waals surface area contributed by atoms with Gasteiger partial charge in [0.2, 0.25) is 0 Å². The summed E-state index contributed by atoms with van der Waals surface area (Å²) < 4.78 is 23.6. The number of halogens is 1. The van der Waals surface area contributed by atoms with Crippen LogP contribution in [0.3, 0.4) is 0 Å². The van der Waals surface area contributed by atoms with Crippen LogP contribution in [0.25, 0.3) is 22.5 Å². The fourth-order valence-corrected chi connectivity index (χ4v) is 3.61. The van der Waals surface area contributed by atoms with Crippen molar-refractivity contribution in [3.05, 3.63) is 95.1 Å². The Morgan fingerprint density at radius 3 is 2.59 bits per heavy atom. The molecule has 172 valence electrons. The van der Waals surface area contributed by atoms with Gasteiger partial charge in [0.25, 0.3) is 5.56 Å². The highest BCUT2D eigenvalue weighted by molar-refractivity contribution is 5.66. The summed E-state index contributed by atoms with van der Waals surface area (Å²) in [5.41, 5.74) is 3.18. The van der Waals surface area contributed by atoms with E-state index < -0.39 is 0 Å². The van der Waals surface area contributed by atoms with Crippen LogP contribution in [0.15, 0.2) is 78.0 Å². The maximum absolute atomic E-state index is 13.2. The standard InChI is InChI=1S/C25H23FN6O2/c1-2-3-14-34-22-10-4-18(5-11-22)23-15-24-25(33)30(12-13-31(24)28-23)16-20-17-32(29-27-20)21-8-6-19(26)7-9-21/h4-13,15,17H,2-3,14,16H2,1H3. The fourth-order valence-electron chi connectivity index (χ4n) is 3.61. The Bertz CT molecular complexity index is 1470. The van der Waals surface area contributed by atoms with Gasteiger partial charge in [0.15, 0.2) is 0 Å². The van der Waals surface area contributed by atoms with Crippen LogP contribution in [0, 0.1) is 5.82 Å². The van der Waals surface area contributed by atoms with Crippen LogP contribution in [0.2, 0.25) is 0 Å². The van der Waals surface area contributed by atoms with Crippen molar-refractivity contribution in [1.82, 2.24) is 29.2 Å². The van der Waals surface area contributed by atoms with E-state index in [0.717, 1.165) is 24.2 Å². The Balaban J connectivity index is 1.36. The molecule has 5 aromatic rings. The molecular weight excluding hydrogens is 435 g/mol. The minimum absolute atomic E-state index is 0.183. The molecule has 2 aromatic carbocycles. The Labute approximate surface area is 194 Å². The molecule has 0 atom stereocenters. The molecule has 0 spiro atoms. The average Bonchev–Trinajstić information content (AvgIpc) is 3.50. The van der Waals surface area contributed by atoms with Gasteiger partial charge < -0.3 is 9.30 Å². The first-order valence-corrected chi connectivity index (χ1v) is 11.1. The van der Waals surface area contributed by atoms with Gasteiger partial charge in [-0.1, -0.05) is 18.6 Å². The molecule has 0 saturated heterocycles. The minimum atomic E-state index is -0.319. The monoisotopic (exact) mass is 458 g/mol. The van der Waals surface area contributed by atoms with Gasteiger partial charge >= 0.3 is 0 Å². The predicted molar refractivity (Wildman–Crippen MR) is 126 cm³/mol. The van der Waals surface area contributed by atoms with Gasteiger partial charge in [-0.15, -0.1) is 5.10 Å². The van der Waals surface area contributed by atoms with Crippen LogP contribution in [0.4, 0.5) is 4.39 Å². The number of hydrogen-bond acceptors (Lipinski definition) is 5. The molecule has 8 nitrogen and oxygen atoms in total. The van der Waals surface area contributed by atoms with Crippen LogP contribution in [0.1, 0.15) is 25.5 Å². The lowest BCUT2D eigenvalue weighted by atomic mass is 10.1. The number of nitrogens with zero attached hydrogens (tertiary/aromatic N) is 6. The first-order chi connectivity index (χ1) is 16.6. The molecule has 0 fully saturated rings. The van der Waals surface area contributed by atoms with E-state index in [2.05, 4.69) is 22.3 Å². The number of fused-ring (bicyclic) bond motifs is 1. The molecule has 3 heterocycles. The lowest BCUT2D eigenvalue weighted by Gasteiger charge is -2.05. The third kappa shape index (κ3) is 4.45. The van der Waals surface area contributed by atoms with E-state index >= 15 is 0 Å². The molecule has 3 aromatic heterocycles. The van der Waals surface area contributed by atoms with Crippen LogP contribution in [-0.2, 0) is 6.54 Å². The summed E-state index contributed by atoms with van der Waals surface area (Å²) >= 11 is 0. The Kier molecular flexibility index (Phi) is 5.90. The Morgan fingerprint density at radius 2 is 1.82 bits per heavy atom. The second-order valence-electron chi connectivity index (χ2n) is 7.95. The molecule has 9 heteroatoms. The van der Waals surface area contributed by atoms with E-state index in [1.54, 1.807) is 50.6 Å². The quantitative estimate of drug-likeness (QED) is 0.327. The number of benzene rings is 2. The van der Waals surface area contributed by atoms with Gasteiger partial charge in [0.05, 0.1) is 30.7 Å². The van der Waals surface area contributed by atoms with Crippen molar-refractivity contribution in [2.24, 2.45) is 0 Å². The number of aromatic nitrogens is 6. The molecule has 0 unspecified atom stereocenters. The number of ether oxygens (including phenoxy) is 1. The van der Waals surface area contributed by atoms with E-state index in [1.807, 2.05) is 24.3 Å². The molecule has 0 amide bonds. The van der Waals surface area contributed by atoms with Gasteiger partial charge in [-0.25, -0.2) is 13.6 Å². The summed E-state index contributed by atoms with van der Waals surface area (Å²) in [6, 6.07) is 15.4. The zero-order valence-electron chi connectivity index (χ0n) is 18.6. The van der Waals surface area contributed by atoms with Crippen molar-refractivity contribution in [2.75, 3.05) is 6.61 Å². The van der Waals surface area contributed by atoms with Crippen LogP contribution in [0.5, 0.6) is 5.75 Å². The molecule has 0 bridgehead atoms. The van der Waals surface area contributed by atoms with E-state index in [0.29, 0.717) is 29.2 Å². The van der Waals surface area contributed by atoms with Crippen molar-refractivity contribution in [1.29, 1.82) is 0 Å². The first kappa shape index (κ1) is 21.6. The smallest absolute Gasteiger partial charge is 0.276 e. The SMILES string of the molecule is CCCCOc1ccc(-c2cc3c(=O)n(Cc4cn(-c5ccc(F)cc5)nn4)ccn3n2)cc1. The van der Waals surface area contributed by atoms with Gasteiger partial charge in [-0.2, -0.15) is 5.10 Å². The normalized spacial score (nSPS) is 11.2. The van der Waals surface area contributed by atoms with Gasteiger partial charge in [0, 0.05) is 18.0 Å². The van der Waals surface area contributed by atoms with Gasteiger partial charge in [-0.3, -0.25) is 4.79 Å². The highest BCUT2D eigenvalue weighted by Gasteiger charge is 2.11. The molecule has 34 heavy (non-hydrogen) atoms. The van der Waals surface area contributed by atoms with Crippen LogP contribution < -0.4 is 10.3 Å². The molecule has 0 saturated carbocycles. The Hall–Kier alpha value is -4.27. The second kappa shape index (κ2) is 9.30. The predicted octanol–water partition coefficient (Wildman–Crippen LogP) is 4.11. The molecule has 0 N–H and O–H groups in total. The second-order valence-corrected chi connectivity index (χ2v) is 7.95. The van der Waals surface area contributed by atoms with Crippen LogP contribution in [-0.4, -0.2) is 35.8 Å². The third-order valence-electron chi connectivity index (χ3n) is 5.48. The third-order valence-corrected chi connectivity index (χ3v) is 5.48. The molecular formula is C25H23FN6O2. The lowest BCUT2D eigenvalue weighted by Crippen LogP contribution is -2.21. The van der Waals surface area contributed by atoms with Gasteiger partial charge in [0.1, 0.15) is 22.8 Å². The molecule has 0 aliphatic rings. The maximum atomic E-state index is 13.2. The van der Waals surface area contributed by atoms with Crippen molar-refractivity contribution < 1.29 is 9.13 Å². The topological polar surface area (TPSA) is 79.2 Å². The average molecular weight is 458 g/mol. The Morgan fingerprint density at radius 1 is 1.03 bits per heavy atom. The summed E-state index contributed by atoms with van der Waals surface area (Å²) in [6.07, 6.45) is 7.24. The fraction of sp³-hybridized carbons (Fsp3) is 0.200. The van der Waals surface area contributed by atoms with E-state index in [-0.39, 0.29) is 17.9 Å². The van der Waals surface area contributed by atoms with Crippen molar-refractivity contribution in [2.45, 2.75) is 26.3 Å². The molecule has 0 aliphatic carbocycles. The first-order valence-electron chi connectivity index (χ1n) is 11.1. The maximum Gasteiger partial charge on any atom is 0.276 e. The summed E-state index contributed by atoms with van der Waals surface area (Å²) in [4.78, 5) is 13.1. The summed E-state index contributed by atoms with van der Waals surface area (Å²) in [7, 11) is 0. The van der Waals surface area contributed by atoms with E-state index in [9.17, 15) is 9.18 Å². The van der Waals surface area contributed by atoms with Crippen LogP contribution >= 0.6 is 0 Å². The highest BCUT2D eigenvalue weighted by Crippen LogP contribution is 2.22. The molecule has 5 rings (SSSR count). The van der Waals surface area contributed by atoms with E-state index in [1.165, 1.54) is 12.1 Å². The summed E-state index contributed by atoms with van der Waals surface area (Å²) in [6.45, 7) is 3.07. The van der Waals surface area contributed by atoms with Gasteiger partial charge in [-0.05, 0) is 61.0 Å². The van der Waals surface area contributed by atoms with Crippen molar-refractivity contribution in [3.8, 4) is 22.7 Å². The van der Waals surface area contributed by atoms with Crippen molar-refractivity contribution in [3.63, 3.8) is 0 Å². The molecule has 0 aliphatic heterocycles. The zero-order chi connectivity index (χ0) is 23.5. The highest BCUT2D eigenvalue weighted by atomic mass is 19.1. The summed E-state index contributed by atoms with van der Waals surface area (Å²) in [5, 5.41) is 12.8.